The normalized spacial score (nSPS) is 15.7. The van der Waals surface area contributed by atoms with Crippen molar-refractivity contribution in [2.24, 2.45) is 0 Å². The van der Waals surface area contributed by atoms with E-state index in [1.54, 1.807) is 18.2 Å². The fraction of sp³-hybridized carbons (Fsp3) is 0.120. The number of nitrogens with zero attached hydrogens (tertiary/aromatic N) is 2. The molecule has 172 valence electrons. The molecule has 1 aromatic heterocycles. The molecule has 0 saturated heterocycles. The van der Waals surface area contributed by atoms with Gasteiger partial charge in [-0.2, -0.15) is 0 Å². The van der Waals surface area contributed by atoms with Crippen LogP contribution >= 0.6 is 0 Å². The number of carbonyl (C=O) groups is 1. The van der Waals surface area contributed by atoms with Crippen molar-refractivity contribution in [3.05, 3.63) is 96.2 Å². The Morgan fingerprint density at radius 2 is 1.74 bits per heavy atom. The average Bonchev–Trinajstić information content (AvgIpc) is 2.85. The number of benzene rings is 3. The Labute approximate surface area is 194 Å². The lowest BCUT2D eigenvalue weighted by Gasteiger charge is -2.37. The minimum atomic E-state index is -4.31. The van der Waals surface area contributed by atoms with Gasteiger partial charge in [-0.1, -0.05) is 18.2 Å². The van der Waals surface area contributed by atoms with E-state index in [1.165, 1.54) is 48.7 Å². The van der Waals surface area contributed by atoms with Crippen molar-refractivity contribution in [2.75, 3.05) is 9.62 Å². The minimum absolute atomic E-state index is 0.0683. The molecule has 0 spiro atoms. The van der Waals surface area contributed by atoms with Gasteiger partial charge in [-0.15, -0.1) is 0 Å². The largest absolute Gasteiger partial charge is 0.324 e. The van der Waals surface area contributed by atoms with Crippen molar-refractivity contribution in [3.63, 3.8) is 0 Å². The van der Waals surface area contributed by atoms with Gasteiger partial charge in [0, 0.05) is 17.3 Å². The van der Waals surface area contributed by atoms with Crippen LogP contribution in [0.25, 0.3) is 10.9 Å². The van der Waals surface area contributed by atoms with Crippen molar-refractivity contribution in [3.8, 4) is 0 Å². The van der Waals surface area contributed by atoms with Crippen molar-refractivity contribution in [2.45, 2.75) is 23.8 Å². The molecular formula is C25H19F2N3O3S. The van der Waals surface area contributed by atoms with E-state index in [4.69, 9.17) is 0 Å². The summed E-state index contributed by atoms with van der Waals surface area (Å²) in [6.07, 6.45) is 2.12. The highest BCUT2D eigenvalue weighted by atomic mass is 32.2. The van der Waals surface area contributed by atoms with E-state index in [1.807, 2.05) is 6.07 Å². The van der Waals surface area contributed by atoms with E-state index in [0.29, 0.717) is 17.8 Å². The maximum Gasteiger partial charge on any atom is 0.265 e. The summed E-state index contributed by atoms with van der Waals surface area (Å²) in [5.74, 6) is -1.64. The van der Waals surface area contributed by atoms with Crippen LogP contribution in [0.2, 0.25) is 0 Å². The van der Waals surface area contributed by atoms with Crippen LogP contribution in [-0.4, -0.2) is 25.4 Å². The predicted molar refractivity (Wildman–Crippen MR) is 125 cm³/mol. The summed E-state index contributed by atoms with van der Waals surface area (Å²) >= 11 is 0. The van der Waals surface area contributed by atoms with E-state index >= 15 is 0 Å². The summed E-state index contributed by atoms with van der Waals surface area (Å²) < 4.78 is 56.8. The zero-order chi connectivity index (χ0) is 23.9. The highest BCUT2D eigenvalue weighted by Gasteiger charge is 2.40. The van der Waals surface area contributed by atoms with Crippen LogP contribution in [0.5, 0.6) is 0 Å². The molecule has 2 heterocycles. The van der Waals surface area contributed by atoms with Crippen LogP contribution in [0, 0.1) is 11.6 Å². The number of hydrogen-bond acceptors (Lipinski definition) is 4. The van der Waals surface area contributed by atoms with Crippen molar-refractivity contribution >= 4 is 38.2 Å². The molecule has 0 fully saturated rings. The van der Waals surface area contributed by atoms with Crippen molar-refractivity contribution in [1.82, 2.24) is 4.98 Å². The van der Waals surface area contributed by atoms with Gasteiger partial charge < -0.3 is 5.32 Å². The molecule has 0 aliphatic carbocycles. The number of amides is 1. The van der Waals surface area contributed by atoms with Crippen molar-refractivity contribution < 1.29 is 22.0 Å². The summed E-state index contributed by atoms with van der Waals surface area (Å²) in [4.78, 5) is 17.1. The zero-order valence-electron chi connectivity index (χ0n) is 17.8. The summed E-state index contributed by atoms with van der Waals surface area (Å²) in [5, 5.41) is 2.81. The Morgan fingerprint density at radius 3 is 2.53 bits per heavy atom. The fourth-order valence-corrected chi connectivity index (χ4v) is 6.12. The molecule has 4 aromatic rings. The third-order valence-corrected chi connectivity index (χ3v) is 7.71. The molecule has 34 heavy (non-hydrogen) atoms. The molecule has 9 heteroatoms. The van der Waals surface area contributed by atoms with Gasteiger partial charge in [-0.3, -0.25) is 14.1 Å². The molecule has 0 saturated carbocycles. The number of pyridine rings is 1. The molecule has 3 aromatic carbocycles. The lowest BCUT2D eigenvalue weighted by atomic mass is 9.97. The Balaban J connectivity index is 1.63. The Hall–Kier alpha value is -3.85. The van der Waals surface area contributed by atoms with E-state index in [9.17, 15) is 22.0 Å². The van der Waals surface area contributed by atoms with Crippen LogP contribution < -0.4 is 9.62 Å². The van der Waals surface area contributed by atoms with Crippen LogP contribution in [0.4, 0.5) is 20.2 Å². The second-order valence-electron chi connectivity index (χ2n) is 7.93. The number of anilines is 2. The highest BCUT2D eigenvalue weighted by Crippen LogP contribution is 2.37. The second kappa shape index (κ2) is 8.49. The van der Waals surface area contributed by atoms with Gasteiger partial charge in [-0.05, 0) is 73.0 Å². The van der Waals surface area contributed by atoms with Crippen LogP contribution in [0.15, 0.2) is 83.9 Å². The summed E-state index contributed by atoms with van der Waals surface area (Å²) in [6, 6.07) is 16.4. The number of hydrogen-bond donors (Lipinski definition) is 1. The molecular weight excluding hydrogens is 460 g/mol. The molecule has 1 unspecified atom stereocenters. The first-order chi connectivity index (χ1) is 16.4. The van der Waals surface area contributed by atoms with Gasteiger partial charge in [-0.25, -0.2) is 17.2 Å². The Bertz CT molecular complexity index is 1510. The third-order valence-electron chi connectivity index (χ3n) is 5.83. The van der Waals surface area contributed by atoms with Gasteiger partial charge in [0.1, 0.15) is 23.2 Å². The van der Waals surface area contributed by atoms with Crippen molar-refractivity contribution in [1.29, 1.82) is 0 Å². The van der Waals surface area contributed by atoms with Gasteiger partial charge in [0.2, 0.25) is 5.91 Å². The number of para-hydroxylation sites is 1. The van der Waals surface area contributed by atoms with Gasteiger partial charge in [0.15, 0.2) is 0 Å². The number of aromatic nitrogens is 1. The minimum Gasteiger partial charge on any atom is -0.324 e. The fourth-order valence-electron chi connectivity index (χ4n) is 4.25. The standard InChI is InChI=1S/C25H19F2N3O3S/c26-17-8-10-18(11-9-17)29-25(31)22-13-7-16-4-1-2-6-21(16)30(22)34(32,33)23-14-12-20(27)24-19(23)5-3-15-28-24/h1-6,8-12,14-15,22H,7,13H2,(H,29,31). The number of halogens is 2. The SMILES string of the molecule is O=C(Nc1ccc(F)cc1)C1CCc2ccccc2N1S(=O)(=O)c1ccc(F)c2ncccc12. The second-order valence-corrected chi connectivity index (χ2v) is 9.71. The molecule has 1 aliphatic rings. The maximum atomic E-state index is 14.3. The lowest BCUT2D eigenvalue weighted by molar-refractivity contribution is -0.117. The first kappa shape index (κ1) is 22.0. The molecule has 1 aliphatic heterocycles. The van der Waals surface area contributed by atoms with Gasteiger partial charge >= 0.3 is 0 Å². The number of rotatable bonds is 4. The Kier molecular flexibility index (Phi) is 5.49. The summed E-state index contributed by atoms with van der Waals surface area (Å²) in [6.45, 7) is 0. The van der Waals surface area contributed by atoms with Crippen LogP contribution in [0.1, 0.15) is 12.0 Å². The molecule has 6 nitrogen and oxygen atoms in total. The molecule has 0 radical (unpaired) electrons. The van der Waals surface area contributed by atoms with Crippen LogP contribution in [0.3, 0.4) is 0 Å². The lowest BCUT2D eigenvalue weighted by Crippen LogP contribution is -2.50. The summed E-state index contributed by atoms with van der Waals surface area (Å²) in [7, 11) is -4.31. The quantitative estimate of drug-likeness (QED) is 0.462. The highest BCUT2D eigenvalue weighted by molar-refractivity contribution is 7.93. The van der Waals surface area contributed by atoms with Gasteiger partial charge in [0.05, 0.1) is 10.6 Å². The summed E-state index contributed by atoms with van der Waals surface area (Å²) in [5.41, 5.74) is 1.44. The van der Waals surface area contributed by atoms with E-state index < -0.39 is 33.6 Å². The first-order valence-electron chi connectivity index (χ1n) is 10.6. The molecule has 1 N–H and O–H groups in total. The molecule has 1 amide bonds. The van der Waals surface area contributed by atoms with Crippen LogP contribution in [-0.2, 0) is 21.2 Å². The van der Waals surface area contributed by atoms with E-state index in [0.717, 1.165) is 15.9 Å². The average molecular weight is 480 g/mol. The molecule has 1 atom stereocenters. The predicted octanol–water partition coefficient (Wildman–Crippen LogP) is 4.66. The number of sulfonamides is 1. The topological polar surface area (TPSA) is 79.4 Å². The first-order valence-corrected chi connectivity index (χ1v) is 12.0. The maximum absolute atomic E-state index is 14.3. The van der Waals surface area contributed by atoms with Gasteiger partial charge in [0.25, 0.3) is 10.0 Å². The molecule has 5 rings (SSSR count). The smallest absolute Gasteiger partial charge is 0.265 e. The monoisotopic (exact) mass is 479 g/mol. The Morgan fingerprint density at radius 1 is 0.971 bits per heavy atom. The number of fused-ring (bicyclic) bond motifs is 2. The number of carbonyl (C=O) groups excluding carboxylic acids is 1. The van der Waals surface area contributed by atoms with E-state index in [-0.39, 0.29) is 22.2 Å². The third kappa shape index (κ3) is 3.77. The number of nitrogens with one attached hydrogen (secondary N) is 1. The number of aryl methyl sites for hydroxylation is 1. The molecule has 0 bridgehead atoms. The zero-order valence-corrected chi connectivity index (χ0v) is 18.6. The van der Waals surface area contributed by atoms with E-state index in [2.05, 4.69) is 10.3 Å².